The maximum Gasteiger partial charge on any atom is 0.156 e. The molecule has 208 valence electrons. The lowest BCUT2D eigenvalue weighted by Crippen LogP contribution is -2.10. The van der Waals surface area contributed by atoms with Crippen LogP contribution in [0.3, 0.4) is 0 Å². The zero-order valence-corrected chi connectivity index (χ0v) is 24.1. The van der Waals surface area contributed by atoms with Crippen LogP contribution in [0.4, 0.5) is 18.9 Å². The fraction of sp³-hybridized carbons (Fsp3) is 0.276. The number of thiazole rings is 1. The minimum absolute atomic E-state index is 0.0773. The summed E-state index contributed by atoms with van der Waals surface area (Å²) in [5, 5.41) is 1.61. The van der Waals surface area contributed by atoms with Crippen molar-refractivity contribution in [2.45, 2.75) is 51.2 Å². The Morgan fingerprint density at radius 1 is 1.00 bits per heavy atom. The van der Waals surface area contributed by atoms with Gasteiger partial charge in [0, 0.05) is 29.2 Å². The summed E-state index contributed by atoms with van der Waals surface area (Å²) in [7, 11) is 0. The number of anilines is 1. The first-order valence-corrected chi connectivity index (χ1v) is 14.4. The smallest absolute Gasteiger partial charge is 0.156 e. The Morgan fingerprint density at radius 2 is 1.75 bits per heavy atom. The lowest BCUT2D eigenvalue weighted by Gasteiger charge is -2.13. The molecule has 0 aliphatic heterocycles. The largest absolute Gasteiger partial charge is 0.361 e. The van der Waals surface area contributed by atoms with Crippen LogP contribution in [0.5, 0.6) is 0 Å². The first kappa shape index (κ1) is 28.1. The van der Waals surface area contributed by atoms with Crippen LogP contribution in [0.25, 0.3) is 32.9 Å². The van der Waals surface area contributed by atoms with Gasteiger partial charge in [-0.25, -0.2) is 28.1 Å². The van der Waals surface area contributed by atoms with Gasteiger partial charge in [-0.15, -0.1) is 11.3 Å². The molecule has 3 heterocycles. The average Bonchev–Trinajstić information content (AvgIpc) is 3.54. The van der Waals surface area contributed by atoms with Gasteiger partial charge in [-0.3, -0.25) is 0 Å². The van der Waals surface area contributed by atoms with Gasteiger partial charge in [0.1, 0.15) is 30.3 Å². The Kier molecular flexibility index (Phi) is 8.16. The molecule has 3 aromatic heterocycles. The number of hydrogen-bond acceptors (Lipinski definition) is 7. The van der Waals surface area contributed by atoms with Crippen LogP contribution in [0.2, 0.25) is 0 Å². The first-order valence-electron chi connectivity index (χ1n) is 12.7. The van der Waals surface area contributed by atoms with Crippen molar-refractivity contribution in [3.05, 3.63) is 77.4 Å². The Hall–Kier alpha value is -3.41. The van der Waals surface area contributed by atoms with E-state index in [0.29, 0.717) is 47.2 Å². The van der Waals surface area contributed by atoms with Crippen LogP contribution in [0, 0.1) is 17.5 Å². The van der Waals surface area contributed by atoms with Crippen molar-refractivity contribution in [2.24, 2.45) is 0 Å². The number of benzene rings is 2. The number of ether oxygens (including phenoxy) is 1. The number of halogens is 3. The van der Waals surface area contributed by atoms with E-state index >= 15 is 4.39 Å². The summed E-state index contributed by atoms with van der Waals surface area (Å²) in [5.74, 6) is -2.05. The summed E-state index contributed by atoms with van der Waals surface area (Å²) in [6.45, 7) is 9.18. The predicted molar refractivity (Wildman–Crippen MR) is 155 cm³/mol. The van der Waals surface area contributed by atoms with Crippen molar-refractivity contribution in [3.8, 4) is 21.8 Å². The van der Waals surface area contributed by atoms with Crippen LogP contribution < -0.4 is 4.72 Å². The maximum absolute atomic E-state index is 16.0. The Balaban J connectivity index is 1.58. The van der Waals surface area contributed by atoms with Crippen LogP contribution >= 0.6 is 23.3 Å². The highest BCUT2D eigenvalue weighted by Crippen LogP contribution is 2.43. The normalized spacial score (nSPS) is 11.9. The second kappa shape index (κ2) is 11.6. The van der Waals surface area contributed by atoms with E-state index in [-0.39, 0.29) is 21.6 Å². The van der Waals surface area contributed by atoms with Crippen molar-refractivity contribution in [3.63, 3.8) is 0 Å². The number of hydrogen-bond donors (Lipinski definition) is 1. The zero-order valence-electron chi connectivity index (χ0n) is 22.5. The molecule has 0 atom stereocenters. The minimum Gasteiger partial charge on any atom is -0.361 e. The SMILES string of the molecule is CCCOCn1ccc2c(-c3sc(C(C)(C)C)nc3-c3cccc(NSc4c(F)cccc4F)c3F)ncnc21. The molecule has 6 nitrogen and oxygen atoms in total. The second-order valence-electron chi connectivity index (χ2n) is 10.2. The van der Waals surface area contributed by atoms with Crippen molar-refractivity contribution >= 4 is 40.0 Å². The Labute approximate surface area is 238 Å². The minimum atomic E-state index is -0.731. The van der Waals surface area contributed by atoms with Gasteiger partial charge < -0.3 is 14.0 Å². The molecule has 0 spiro atoms. The van der Waals surface area contributed by atoms with E-state index in [4.69, 9.17) is 9.72 Å². The molecule has 0 amide bonds. The summed E-state index contributed by atoms with van der Waals surface area (Å²) >= 11 is 2.13. The molecular formula is C29H28F3N5OS2. The van der Waals surface area contributed by atoms with Gasteiger partial charge in [0.05, 0.1) is 31.9 Å². The van der Waals surface area contributed by atoms with Crippen LogP contribution in [0.15, 0.2) is 59.9 Å². The van der Waals surface area contributed by atoms with Crippen molar-refractivity contribution in [1.29, 1.82) is 0 Å². The molecule has 40 heavy (non-hydrogen) atoms. The van der Waals surface area contributed by atoms with E-state index in [9.17, 15) is 8.78 Å². The van der Waals surface area contributed by atoms with Gasteiger partial charge in [0.2, 0.25) is 0 Å². The molecule has 0 unspecified atom stereocenters. The number of rotatable bonds is 9. The monoisotopic (exact) mass is 583 g/mol. The third-order valence-electron chi connectivity index (χ3n) is 6.05. The molecule has 0 fully saturated rings. The van der Waals surface area contributed by atoms with Crippen molar-refractivity contribution in [1.82, 2.24) is 19.5 Å². The molecule has 1 N–H and O–H groups in total. The Bertz CT molecular complexity index is 1640. The van der Waals surface area contributed by atoms with Gasteiger partial charge in [0.25, 0.3) is 0 Å². The molecule has 5 rings (SSSR count). The van der Waals surface area contributed by atoms with Crippen LogP contribution in [-0.2, 0) is 16.9 Å². The number of nitrogens with zero attached hydrogens (tertiary/aromatic N) is 4. The van der Waals surface area contributed by atoms with E-state index in [1.165, 1.54) is 29.8 Å². The van der Waals surface area contributed by atoms with E-state index in [2.05, 4.69) is 14.7 Å². The maximum atomic E-state index is 16.0. The molecule has 0 saturated heterocycles. The zero-order chi connectivity index (χ0) is 28.4. The molecule has 2 aromatic carbocycles. The molecule has 0 bridgehead atoms. The highest BCUT2D eigenvalue weighted by molar-refractivity contribution is 8.00. The highest BCUT2D eigenvalue weighted by atomic mass is 32.2. The average molecular weight is 584 g/mol. The highest BCUT2D eigenvalue weighted by Gasteiger charge is 2.27. The Morgan fingerprint density at radius 3 is 2.48 bits per heavy atom. The van der Waals surface area contributed by atoms with Crippen molar-refractivity contribution < 1.29 is 17.9 Å². The summed E-state index contributed by atoms with van der Waals surface area (Å²) < 4.78 is 54.7. The van der Waals surface area contributed by atoms with Gasteiger partial charge in [-0.2, -0.15) is 0 Å². The van der Waals surface area contributed by atoms with Gasteiger partial charge in [-0.05, 0) is 48.7 Å². The summed E-state index contributed by atoms with van der Waals surface area (Å²) in [4.78, 5) is 14.4. The number of nitrogens with one attached hydrogen (secondary N) is 1. The topological polar surface area (TPSA) is 64.9 Å². The fourth-order valence-corrected chi connectivity index (χ4v) is 5.91. The molecule has 0 radical (unpaired) electrons. The summed E-state index contributed by atoms with van der Waals surface area (Å²) in [6, 6.07) is 10.3. The molecule has 11 heteroatoms. The molecule has 0 aliphatic carbocycles. The van der Waals surface area contributed by atoms with Crippen LogP contribution in [-0.4, -0.2) is 26.1 Å². The second-order valence-corrected chi connectivity index (χ2v) is 12.0. The van der Waals surface area contributed by atoms with E-state index < -0.39 is 17.5 Å². The van der Waals surface area contributed by atoms with Gasteiger partial charge >= 0.3 is 0 Å². The van der Waals surface area contributed by atoms with Gasteiger partial charge in [0.15, 0.2) is 5.82 Å². The van der Waals surface area contributed by atoms with E-state index in [1.807, 2.05) is 44.5 Å². The van der Waals surface area contributed by atoms with Gasteiger partial charge in [-0.1, -0.05) is 39.8 Å². The third kappa shape index (κ3) is 5.59. The predicted octanol–water partition coefficient (Wildman–Crippen LogP) is 8.44. The fourth-order valence-electron chi connectivity index (χ4n) is 4.06. The standard InChI is InChI=1S/C29H28F3N5OS2/c1-5-14-38-16-37-13-12-18-23(33-15-34-27(18)37)26-24(35-28(39-26)29(2,3)4)17-8-6-11-21(22(17)32)36-40-25-19(30)9-7-10-20(25)31/h6-13,15,36H,5,14,16H2,1-4H3. The number of fused-ring (bicyclic) bond motifs is 1. The summed E-state index contributed by atoms with van der Waals surface area (Å²) in [5.41, 5.74) is 1.81. The first-order chi connectivity index (χ1) is 19.2. The summed E-state index contributed by atoms with van der Waals surface area (Å²) in [6.07, 6.45) is 4.29. The molecule has 0 saturated carbocycles. The number of aromatic nitrogens is 4. The van der Waals surface area contributed by atoms with E-state index in [1.54, 1.807) is 12.1 Å². The lowest BCUT2D eigenvalue weighted by atomic mass is 9.98. The van der Waals surface area contributed by atoms with E-state index in [0.717, 1.165) is 28.9 Å². The lowest BCUT2D eigenvalue weighted by molar-refractivity contribution is 0.0800. The quantitative estimate of drug-likeness (QED) is 0.139. The molecule has 5 aromatic rings. The third-order valence-corrected chi connectivity index (χ3v) is 8.46. The molecule has 0 aliphatic rings. The molecular weight excluding hydrogens is 555 g/mol. The van der Waals surface area contributed by atoms with Crippen LogP contribution in [0.1, 0.15) is 39.1 Å². The van der Waals surface area contributed by atoms with Crippen molar-refractivity contribution in [2.75, 3.05) is 11.3 Å².